The number of carboxylic acid groups (broad SMARTS) is 1. The van der Waals surface area contributed by atoms with Crippen molar-refractivity contribution in [2.45, 2.75) is 32.6 Å². The number of carbonyl (C=O) groups is 1. The molecule has 2 aromatic heterocycles. The topological polar surface area (TPSA) is 129 Å². The summed E-state index contributed by atoms with van der Waals surface area (Å²) in [6.45, 7) is 3.54. The summed E-state index contributed by atoms with van der Waals surface area (Å²) >= 11 is 0. The van der Waals surface area contributed by atoms with Crippen molar-refractivity contribution >= 4 is 32.9 Å². The lowest BCUT2D eigenvalue weighted by molar-refractivity contribution is -0.519. The summed E-state index contributed by atoms with van der Waals surface area (Å²) < 4.78 is 37.6. The molecule has 0 spiro atoms. The van der Waals surface area contributed by atoms with Crippen molar-refractivity contribution in [3.63, 3.8) is 0 Å². The number of aromatic nitrogens is 1. The predicted octanol–water partition coefficient (Wildman–Crippen LogP) is 2.87. The summed E-state index contributed by atoms with van der Waals surface area (Å²) in [6.07, 6.45) is 4.79. The van der Waals surface area contributed by atoms with Crippen LogP contribution < -0.4 is 14.5 Å². The largest absolute Gasteiger partial charge is 0.511 e. The highest BCUT2D eigenvalue weighted by Crippen LogP contribution is 2.25. The van der Waals surface area contributed by atoms with Gasteiger partial charge in [-0.1, -0.05) is 10.4 Å². The molecular formula is C22H25N2O7S+. The first-order chi connectivity index (χ1) is 15.2. The van der Waals surface area contributed by atoms with Gasteiger partial charge in [-0.3, -0.25) is 4.79 Å². The van der Waals surface area contributed by atoms with Gasteiger partial charge in [0.1, 0.15) is 5.58 Å². The van der Waals surface area contributed by atoms with Crippen LogP contribution >= 0.6 is 0 Å². The van der Waals surface area contributed by atoms with Gasteiger partial charge in [0, 0.05) is 54.3 Å². The highest BCUT2D eigenvalue weighted by molar-refractivity contribution is 7.79. The maximum Gasteiger partial charge on any atom is 0.511 e. The lowest BCUT2D eigenvalue weighted by atomic mass is 10.1. The second-order valence-corrected chi connectivity index (χ2v) is 8.67. The lowest BCUT2D eigenvalue weighted by Gasteiger charge is -2.23. The van der Waals surface area contributed by atoms with Crippen molar-refractivity contribution in [3.05, 3.63) is 59.2 Å². The second kappa shape index (κ2) is 9.92. The summed E-state index contributed by atoms with van der Waals surface area (Å²) in [6, 6.07) is 10.1. The Kier molecular flexibility index (Phi) is 7.26. The van der Waals surface area contributed by atoms with Gasteiger partial charge in [0.25, 0.3) is 0 Å². The van der Waals surface area contributed by atoms with Gasteiger partial charge >= 0.3 is 21.9 Å². The zero-order valence-electron chi connectivity index (χ0n) is 17.6. The van der Waals surface area contributed by atoms with E-state index in [1.165, 1.54) is 12.1 Å². The normalized spacial score (nSPS) is 11.6. The van der Waals surface area contributed by atoms with E-state index in [0.717, 1.165) is 44.0 Å². The van der Waals surface area contributed by atoms with Crippen LogP contribution in [0.15, 0.2) is 58.0 Å². The third-order valence-corrected chi connectivity index (χ3v) is 5.94. The van der Waals surface area contributed by atoms with Crippen LogP contribution in [0.3, 0.4) is 0 Å². The molecule has 0 amide bonds. The van der Waals surface area contributed by atoms with Gasteiger partial charge < -0.3 is 14.4 Å². The van der Waals surface area contributed by atoms with E-state index in [1.54, 1.807) is 12.1 Å². The Morgan fingerprint density at radius 2 is 1.81 bits per heavy atom. The molecule has 2 N–H and O–H groups in total. The molecule has 0 unspecified atom stereocenters. The number of pyridine rings is 1. The first-order valence-corrected chi connectivity index (χ1v) is 11.6. The number of fused-ring (bicyclic) bond motifs is 1. The van der Waals surface area contributed by atoms with Crippen LogP contribution in [-0.2, 0) is 15.1 Å². The minimum absolute atomic E-state index is 0.173. The molecular weight excluding hydrogens is 436 g/mol. The molecule has 3 rings (SSSR count). The Hall–Kier alpha value is -3.24. The minimum Gasteiger partial charge on any atom is -0.481 e. The Labute approximate surface area is 185 Å². The Bertz CT molecular complexity index is 1270. The van der Waals surface area contributed by atoms with E-state index in [1.807, 2.05) is 19.1 Å². The van der Waals surface area contributed by atoms with Crippen LogP contribution in [0.2, 0.25) is 0 Å². The molecule has 0 aliphatic heterocycles. The fourth-order valence-electron chi connectivity index (χ4n) is 3.47. The zero-order chi connectivity index (χ0) is 23.3. The second-order valence-electron chi connectivity index (χ2n) is 7.35. The smallest absolute Gasteiger partial charge is 0.481 e. The maximum absolute atomic E-state index is 12.6. The predicted molar refractivity (Wildman–Crippen MR) is 119 cm³/mol. The van der Waals surface area contributed by atoms with Crippen LogP contribution in [0.25, 0.3) is 22.1 Å². The van der Waals surface area contributed by atoms with Gasteiger partial charge in [-0.2, -0.15) is 0 Å². The van der Waals surface area contributed by atoms with E-state index < -0.39 is 21.9 Å². The van der Waals surface area contributed by atoms with E-state index in [9.17, 15) is 18.0 Å². The molecule has 0 fully saturated rings. The quantitative estimate of drug-likeness (QED) is 0.204. The van der Waals surface area contributed by atoms with E-state index in [0.29, 0.717) is 26.9 Å². The van der Waals surface area contributed by atoms with Crippen LogP contribution in [0.4, 0.5) is 5.69 Å². The number of carboxylic acids is 1. The van der Waals surface area contributed by atoms with Crippen molar-refractivity contribution in [2.75, 3.05) is 18.0 Å². The van der Waals surface area contributed by atoms with E-state index in [2.05, 4.69) is 4.90 Å². The number of hydrogen-bond donors (Lipinski definition) is 2. The average molecular weight is 462 g/mol. The highest BCUT2D eigenvalue weighted by atomic mass is 32.2. The van der Waals surface area contributed by atoms with Crippen LogP contribution in [-0.4, -0.2) is 37.1 Å². The molecule has 3 aromatic rings. The lowest BCUT2D eigenvalue weighted by Crippen LogP contribution is -2.41. The van der Waals surface area contributed by atoms with Gasteiger partial charge in [0.15, 0.2) is 12.4 Å². The average Bonchev–Trinajstić information content (AvgIpc) is 2.75. The Morgan fingerprint density at radius 3 is 2.44 bits per heavy atom. The summed E-state index contributed by atoms with van der Waals surface area (Å²) in [4.78, 5) is 25.3. The Balaban J connectivity index is 1.81. The molecule has 0 aliphatic carbocycles. The third kappa shape index (κ3) is 5.71. The summed E-state index contributed by atoms with van der Waals surface area (Å²) in [5.41, 5.74) is 1.52. The minimum atomic E-state index is -4.39. The third-order valence-electron chi connectivity index (χ3n) is 5.16. The molecule has 0 bridgehead atoms. The molecule has 32 heavy (non-hydrogen) atoms. The fraction of sp³-hybridized carbons (Fsp3) is 0.318. The van der Waals surface area contributed by atoms with Crippen LogP contribution in [0, 0.1) is 0 Å². The zero-order valence-corrected chi connectivity index (χ0v) is 18.4. The first-order valence-electron chi connectivity index (χ1n) is 10.2. The molecule has 10 heteroatoms. The van der Waals surface area contributed by atoms with Crippen molar-refractivity contribution in [1.82, 2.24) is 0 Å². The number of unbranched alkanes of at least 4 members (excludes halogenated alkanes) is 2. The van der Waals surface area contributed by atoms with Crippen molar-refractivity contribution in [3.8, 4) is 11.1 Å². The highest BCUT2D eigenvalue weighted by Gasteiger charge is 2.18. The van der Waals surface area contributed by atoms with E-state index in [-0.39, 0.29) is 12.0 Å². The SMILES string of the molecule is CCN(CCCCCC(=O)O)c1ccc2cc(-c3cc[n+](S(=O)(=O)O)cc3)c(=O)oc2c1. The number of hydrogen-bond acceptors (Lipinski definition) is 6. The summed E-state index contributed by atoms with van der Waals surface area (Å²) in [5.74, 6) is -0.783. The molecule has 0 aliphatic rings. The van der Waals surface area contributed by atoms with Gasteiger partial charge in [0.2, 0.25) is 0 Å². The molecule has 0 radical (unpaired) electrons. The van der Waals surface area contributed by atoms with Gasteiger partial charge in [-0.15, -0.1) is 8.42 Å². The molecule has 0 atom stereocenters. The monoisotopic (exact) mass is 461 g/mol. The number of nitrogens with zero attached hydrogens (tertiary/aromatic N) is 2. The fourth-order valence-corrected chi connectivity index (χ4v) is 3.90. The van der Waals surface area contributed by atoms with E-state index >= 15 is 0 Å². The van der Waals surface area contributed by atoms with Crippen molar-refractivity contribution < 1.29 is 31.3 Å². The molecule has 9 nitrogen and oxygen atoms in total. The number of rotatable bonds is 10. The van der Waals surface area contributed by atoms with Crippen molar-refractivity contribution in [2.24, 2.45) is 0 Å². The van der Waals surface area contributed by atoms with Gasteiger partial charge in [-0.05, 0) is 38.0 Å². The van der Waals surface area contributed by atoms with Crippen LogP contribution in [0.1, 0.15) is 32.6 Å². The molecule has 0 saturated heterocycles. The molecule has 170 valence electrons. The number of aliphatic carboxylic acids is 1. The van der Waals surface area contributed by atoms with Crippen LogP contribution in [0.5, 0.6) is 0 Å². The Morgan fingerprint density at radius 1 is 1.09 bits per heavy atom. The van der Waals surface area contributed by atoms with Gasteiger partial charge in [-0.25, -0.2) is 9.35 Å². The molecule has 0 saturated carbocycles. The number of anilines is 1. The van der Waals surface area contributed by atoms with Crippen molar-refractivity contribution in [1.29, 1.82) is 0 Å². The first kappa shape index (κ1) is 23.4. The standard InChI is InChI=1S/C22H24N2O7S/c1-2-23(11-5-3-4-6-21(25)26)18-8-7-17-14-19(22(27)31-20(17)15-18)16-9-12-24(13-10-16)32(28,29)30/h7-10,12-15H,2-6,11H2,1H3,(H-,25,26,28,29,30)/p+1. The molecule has 2 heterocycles. The number of benzene rings is 1. The summed E-state index contributed by atoms with van der Waals surface area (Å²) in [5, 5.41) is 9.44. The maximum atomic E-state index is 12.6. The van der Waals surface area contributed by atoms with E-state index in [4.69, 9.17) is 14.1 Å². The summed E-state index contributed by atoms with van der Waals surface area (Å²) in [7, 11) is -4.39. The molecule has 1 aromatic carbocycles. The van der Waals surface area contributed by atoms with Gasteiger partial charge in [0.05, 0.1) is 5.56 Å².